The molecule has 9 heteroatoms. The normalized spacial score (nSPS) is 22.3. The summed E-state index contributed by atoms with van der Waals surface area (Å²) in [4.78, 5) is 20.4. The Labute approximate surface area is 148 Å². The molecule has 2 aliphatic heterocycles. The number of amides is 2. The lowest BCUT2D eigenvalue weighted by atomic mass is 10.1. The quantitative estimate of drug-likeness (QED) is 0.798. The predicted molar refractivity (Wildman–Crippen MR) is 93.0 cm³/mol. The maximum absolute atomic E-state index is 12.4. The molecular formula is C16H24N4O4S. The van der Waals surface area contributed by atoms with Crippen molar-refractivity contribution >= 4 is 15.9 Å². The summed E-state index contributed by atoms with van der Waals surface area (Å²) >= 11 is 0. The number of aromatic nitrogens is 1. The fourth-order valence-corrected chi connectivity index (χ4v) is 4.33. The summed E-state index contributed by atoms with van der Waals surface area (Å²) in [6.45, 7) is 3.92. The summed E-state index contributed by atoms with van der Waals surface area (Å²) in [7, 11) is -2.99. The zero-order valence-corrected chi connectivity index (χ0v) is 15.0. The Morgan fingerprint density at radius 3 is 2.60 bits per heavy atom. The Hall–Kier alpha value is -1.71. The predicted octanol–water partition coefficient (Wildman–Crippen LogP) is -0.105. The highest BCUT2D eigenvalue weighted by Gasteiger charge is 2.27. The number of sulfone groups is 1. The minimum Gasteiger partial charge on any atom is -0.379 e. The van der Waals surface area contributed by atoms with Crippen LogP contribution in [0.3, 0.4) is 0 Å². The van der Waals surface area contributed by atoms with E-state index in [0.717, 1.165) is 18.7 Å². The van der Waals surface area contributed by atoms with E-state index in [1.165, 1.54) is 0 Å². The van der Waals surface area contributed by atoms with Crippen LogP contribution in [0.1, 0.15) is 11.6 Å². The second kappa shape index (κ2) is 8.11. The fraction of sp³-hybridized carbons (Fsp3) is 0.625. The summed E-state index contributed by atoms with van der Waals surface area (Å²) in [6.07, 6.45) is 3.55. The molecule has 0 saturated carbocycles. The van der Waals surface area contributed by atoms with Crippen LogP contribution >= 0.6 is 0 Å². The number of carbonyl (C=O) groups excluding carboxylic acids is 1. The van der Waals surface area contributed by atoms with E-state index in [2.05, 4.69) is 15.2 Å². The van der Waals surface area contributed by atoms with Crippen molar-refractivity contribution in [3.05, 3.63) is 30.1 Å². The smallest absolute Gasteiger partial charge is 0.317 e. The number of carbonyl (C=O) groups is 1. The molecule has 3 heterocycles. The van der Waals surface area contributed by atoms with Gasteiger partial charge in [0.1, 0.15) is 0 Å². The maximum Gasteiger partial charge on any atom is 0.317 e. The SMILES string of the molecule is O=C(NC[C@H](c1cccnc1)N1CCOCC1)N1CCS(=O)(=O)CC1. The van der Waals surface area contributed by atoms with Crippen LogP contribution in [0.4, 0.5) is 4.79 Å². The molecule has 2 saturated heterocycles. The molecule has 1 N–H and O–H groups in total. The molecule has 0 aromatic carbocycles. The van der Waals surface area contributed by atoms with Crippen LogP contribution in [0.5, 0.6) is 0 Å². The van der Waals surface area contributed by atoms with E-state index >= 15 is 0 Å². The van der Waals surface area contributed by atoms with Gasteiger partial charge in [-0.25, -0.2) is 13.2 Å². The third-order valence-corrected chi connectivity index (χ3v) is 6.24. The summed E-state index contributed by atoms with van der Waals surface area (Å²) in [5.74, 6) is 0.0752. The third kappa shape index (κ3) is 4.90. The molecule has 0 bridgehead atoms. The largest absolute Gasteiger partial charge is 0.379 e. The van der Waals surface area contributed by atoms with Crippen LogP contribution < -0.4 is 5.32 Å². The van der Waals surface area contributed by atoms with Gasteiger partial charge < -0.3 is 15.0 Å². The van der Waals surface area contributed by atoms with E-state index in [4.69, 9.17) is 4.74 Å². The van der Waals surface area contributed by atoms with Crippen molar-refractivity contribution in [3.8, 4) is 0 Å². The van der Waals surface area contributed by atoms with Crippen molar-refractivity contribution in [2.75, 3.05) is 57.4 Å². The number of urea groups is 1. The van der Waals surface area contributed by atoms with Crippen LogP contribution in [-0.4, -0.2) is 86.7 Å². The van der Waals surface area contributed by atoms with Gasteiger partial charge in [0.2, 0.25) is 0 Å². The van der Waals surface area contributed by atoms with Crippen LogP contribution in [0.2, 0.25) is 0 Å². The lowest BCUT2D eigenvalue weighted by molar-refractivity contribution is 0.0164. The first-order valence-corrected chi connectivity index (χ1v) is 10.3. The monoisotopic (exact) mass is 368 g/mol. The van der Waals surface area contributed by atoms with Crippen molar-refractivity contribution in [1.82, 2.24) is 20.1 Å². The molecule has 0 aliphatic carbocycles. The van der Waals surface area contributed by atoms with Gasteiger partial charge in [-0.2, -0.15) is 0 Å². The molecule has 8 nitrogen and oxygen atoms in total. The van der Waals surface area contributed by atoms with Crippen LogP contribution in [0.25, 0.3) is 0 Å². The number of hydrogen-bond donors (Lipinski definition) is 1. The lowest BCUT2D eigenvalue weighted by Crippen LogP contribution is -2.50. The first kappa shape index (κ1) is 18.1. The molecule has 25 heavy (non-hydrogen) atoms. The van der Waals surface area contributed by atoms with Gasteiger partial charge in [0, 0.05) is 45.1 Å². The number of nitrogens with one attached hydrogen (secondary N) is 1. The first-order valence-electron chi connectivity index (χ1n) is 8.50. The van der Waals surface area contributed by atoms with Crippen molar-refractivity contribution in [2.45, 2.75) is 6.04 Å². The zero-order valence-electron chi connectivity index (χ0n) is 14.1. The molecule has 0 radical (unpaired) electrons. The molecule has 0 unspecified atom stereocenters. The first-order chi connectivity index (χ1) is 12.1. The number of nitrogens with zero attached hydrogens (tertiary/aromatic N) is 3. The average Bonchev–Trinajstić information content (AvgIpc) is 2.63. The van der Waals surface area contributed by atoms with E-state index < -0.39 is 9.84 Å². The molecule has 2 amide bonds. The van der Waals surface area contributed by atoms with Gasteiger partial charge in [-0.05, 0) is 11.6 Å². The topological polar surface area (TPSA) is 91.8 Å². The molecule has 0 spiro atoms. The second-order valence-electron chi connectivity index (χ2n) is 6.28. The molecule has 3 rings (SSSR count). The Bertz CT molecular complexity index is 663. The summed E-state index contributed by atoms with van der Waals surface area (Å²) < 4.78 is 28.4. The van der Waals surface area contributed by atoms with Crippen molar-refractivity contribution in [3.63, 3.8) is 0 Å². The lowest BCUT2D eigenvalue weighted by Gasteiger charge is -2.35. The Balaban J connectivity index is 1.61. The Kier molecular flexibility index (Phi) is 5.87. The zero-order chi connectivity index (χ0) is 17.7. The van der Waals surface area contributed by atoms with E-state index in [-0.39, 0.29) is 36.7 Å². The average molecular weight is 368 g/mol. The summed E-state index contributed by atoms with van der Waals surface area (Å²) in [5.41, 5.74) is 1.05. The molecule has 1 aromatic rings. The molecule has 1 aromatic heterocycles. The van der Waals surface area contributed by atoms with Crippen LogP contribution in [0.15, 0.2) is 24.5 Å². The number of hydrogen-bond acceptors (Lipinski definition) is 6. The van der Waals surface area contributed by atoms with Crippen LogP contribution in [0, 0.1) is 0 Å². The molecule has 138 valence electrons. The molecule has 2 fully saturated rings. The fourth-order valence-electron chi connectivity index (χ4n) is 3.13. The Morgan fingerprint density at radius 1 is 1.24 bits per heavy atom. The van der Waals surface area contributed by atoms with Gasteiger partial charge in [0.25, 0.3) is 0 Å². The second-order valence-corrected chi connectivity index (χ2v) is 8.58. The summed E-state index contributed by atoms with van der Waals surface area (Å²) in [5, 5.41) is 2.96. The van der Waals surface area contributed by atoms with Gasteiger partial charge in [-0.3, -0.25) is 9.88 Å². The highest BCUT2D eigenvalue weighted by Crippen LogP contribution is 2.20. The standard InChI is InChI=1S/C16H24N4O4S/c21-16(20-6-10-25(22,23)11-7-20)18-13-15(14-2-1-3-17-12-14)19-4-8-24-9-5-19/h1-3,12,15H,4-11,13H2,(H,18,21)/t15-/m1/s1. The van der Waals surface area contributed by atoms with E-state index in [0.29, 0.717) is 19.8 Å². The van der Waals surface area contributed by atoms with E-state index in [1.807, 2.05) is 18.3 Å². The number of rotatable bonds is 4. The Morgan fingerprint density at radius 2 is 1.96 bits per heavy atom. The highest BCUT2D eigenvalue weighted by molar-refractivity contribution is 7.91. The molecule has 2 aliphatic rings. The number of morpholine rings is 1. The van der Waals surface area contributed by atoms with E-state index in [9.17, 15) is 13.2 Å². The number of pyridine rings is 1. The van der Waals surface area contributed by atoms with Gasteiger partial charge in [-0.15, -0.1) is 0 Å². The van der Waals surface area contributed by atoms with Gasteiger partial charge in [-0.1, -0.05) is 6.07 Å². The minimum absolute atomic E-state index is 0.0232. The van der Waals surface area contributed by atoms with Gasteiger partial charge in [0.15, 0.2) is 9.84 Å². The van der Waals surface area contributed by atoms with Crippen molar-refractivity contribution < 1.29 is 17.9 Å². The maximum atomic E-state index is 12.4. The summed E-state index contributed by atoms with van der Waals surface area (Å²) in [6, 6.07) is 3.71. The van der Waals surface area contributed by atoms with Crippen molar-refractivity contribution in [1.29, 1.82) is 0 Å². The van der Waals surface area contributed by atoms with E-state index in [1.54, 1.807) is 11.1 Å². The highest BCUT2D eigenvalue weighted by atomic mass is 32.2. The van der Waals surface area contributed by atoms with Crippen molar-refractivity contribution in [2.24, 2.45) is 0 Å². The molecule has 1 atom stereocenters. The minimum atomic E-state index is -2.99. The van der Waals surface area contributed by atoms with Crippen LogP contribution in [-0.2, 0) is 14.6 Å². The van der Waals surface area contributed by atoms with Gasteiger partial charge >= 0.3 is 6.03 Å². The van der Waals surface area contributed by atoms with Gasteiger partial charge in [0.05, 0.1) is 30.8 Å². The molecular weight excluding hydrogens is 344 g/mol. The number of ether oxygens (including phenoxy) is 1. The third-order valence-electron chi connectivity index (χ3n) is 4.63.